The van der Waals surface area contributed by atoms with Crippen LogP contribution >= 0.6 is 0 Å². The van der Waals surface area contributed by atoms with Crippen LogP contribution in [0, 0.1) is 12.3 Å². The molecule has 16 heavy (non-hydrogen) atoms. The first kappa shape index (κ1) is 11.1. The van der Waals surface area contributed by atoms with E-state index >= 15 is 0 Å². The molecule has 0 aromatic carbocycles. The van der Waals surface area contributed by atoms with Gasteiger partial charge in [-0.1, -0.05) is 0 Å². The number of nitrogens with zero attached hydrogens (tertiary/aromatic N) is 1. The molecule has 0 spiro atoms. The van der Waals surface area contributed by atoms with Gasteiger partial charge >= 0.3 is 0 Å². The standard InChI is InChI=1S/C11H16N2O3/c1-8-9(16-7-13-8)10(15)12-6-11(2-3-11)4-5-14/h7,14H,2-6H2,1H3,(H,12,15). The molecule has 2 rings (SSSR count). The third-order valence-corrected chi connectivity index (χ3v) is 3.17. The molecule has 0 bridgehead atoms. The van der Waals surface area contributed by atoms with Gasteiger partial charge in [-0.2, -0.15) is 0 Å². The molecule has 1 saturated carbocycles. The Morgan fingerprint density at radius 1 is 1.69 bits per heavy atom. The maximum absolute atomic E-state index is 11.7. The van der Waals surface area contributed by atoms with Crippen molar-refractivity contribution in [1.82, 2.24) is 10.3 Å². The summed E-state index contributed by atoms with van der Waals surface area (Å²) < 4.78 is 5.00. The third kappa shape index (κ3) is 2.24. The largest absolute Gasteiger partial charge is 0.438 e. The second kappa shape index (κ2) is 4.25. The molecule has 0 radical (unpaired) electrons. The van der Waals surface area contributed by atoms with E-state index in [2.05, 4.69) is 10.3 Å². The Kier molecular flexibility index (Phi) is 2.96. The lowest BCUT2D eigenvalue weighted by Gasteiger charge is -2.13. The first-order valence-electron chi connectivity index (χ1n) is 5.46. The lowest BCUT2D eigenvalue weighted by atomic mass is 10.0. The quantitative estimate of drug-likeness (QED) is 0.778. The summed E-state index contributed by atoms with van der Waals surface area (Å²) >= 11 is 0. The number of aryl methyl sites for hydroxylation is 1. The van der Waals surface area contributed by atoms with Crippen molar-refractivity contribution in [3.63, 3.8) is 0 Å². The molecule has 1 aromatic rings. The zero-order valence-electron chi connectivity index (χ0n) is 9.32. The van der Waals surface area contributed by atoms with Gasteiger partial charge in [-0.25, -0.2) is 4.98 Å². The van der Waals surface area contributed by atoms with Crippen LogP contribution < -0.4 is 5.32 Å². The highest BCUT2D eigenvalue weighted by atomic mass is 16.3. The van der Waals surface area contributed by atoms with Gasteiger partial charge < -0.3 is 14.8 Å². The molecule has 2 N–H and O–H groups in total. The topological polar surface area (TPSA) is 75.4 Å². The average molecular weight is 224 g/mol. The molecule has 1 aliphatic carbocycles. The number of carbonyl (C=O) groups is 1. The van der Waals surface area contributed by atoms with Crippen LogP contribution in [0.1, 0.15) is 35.5 Å². The fourth-order valence-corrected chi connectivity index (χ4v) is 1.80. The summed E-state index contributed by atoms with van der Waals surface area (Å²) in [5, 5.41) is 11.7. The van der Waals surface area contributed by atoms with Crippen molar-refractivity contribution in [2.75, 3.05) is 13.2 Å². The lowest BCUT2D eigenvalue weighted by molar-refractivity contribution is 0.0912. The van der Waals surface area contributed by atoms with E-state index < -0.39 is 0 Å². The van der Waals surface area contributed by atoms with E-state index in [9.17, 15) is 4.79 Å². The van der Waals surface area contributed by atoms with Gasteiger partial charge in [0.1, 0.15) is 0 Å². The Balaban J connectivity index is 1.87. The van der Waals surface area contributed by atoms with E-state index in [0.717, 1.165) is 19.3 Å². The predicted molar refractivity (Wildman–Crippen MR) is 56.9 cm³/mol. The molecule has 5 heteroatoms. The van der Waals surface area contributed by atoms with E-state index in [1.165, 1.54) is 6.39 Å². The predicted octanol–water partition coefficient (Wildman–Crippen LogP) is 0.875. The minimum Gasteiger partial charge on any atom is -0.438 e. The normalized spacial score (nSPS) is 17.1. The molecular formula is C11H16N2O3. The highest BCUT2D eigenvalue weighted by Crippen LogP contribution is 2.47. The lowest BCUT2D eigenvalue weighted by Crippen LogP contribution is -2.30. The molecule has 0 atom stereocenters. The Morgan fingerprint density at radius 3 is 2.94 bits per heavy atom. The monoisotopic (exact) mass is 224 g/mol. The van der Waals surface area contributed by atoms with Crippen LogP contribution in [0.2, 0.25) is 0 Å². The van der Waals surface area contributed by atoms with E-state index in [-0.39, 0.29) is 23.7 Å². The van der Waals surface area contributed by atoms with Gasteiger partial charge in [-0.05, 0) is 31.6 Å². The fraction of sp³-hybridized carbons (Fsp3) is 0.636. The van der Waals surface area contributed by atoms with Gasteiger partial charge in [0.05, 0.1) is 5.69 Å². The number of amides is 1. The molecule has 88 valence electrons. The summed E-state index contributed by atoms with van der Waals surface area (Å²) in [5.41, 5.74) is 0.725. The fourth-order valence-electron chi connectivity index (χ4n) is 1.80. The molecule has 1 aliphatic rings. The van der Waals surface area contributed by atoms with Crippen LogP contribution in [0.15, 0.2) is 10.8 Å². The van der Waals surface area contributed by atoms with E-state index in [4.69, 9.17) is 9.52 Å². The molecule has 1 fully saturated rings. The zero-order chi connectivity index (χ0) is 11.6. The van der Waals surface area contributed by atoms with Crippen LogP contribution in [0.3, 0.4) is 0 Å². The smallest absolute Gasteiger partial charge is 0.289 e. The molecule has 0 aliphatic heterocycles. The van der Waals surface area contributed by atoms with Crippen LogP contribution in [0.4, 0.5) is 0 Å². The minimum absolute atomic E-state index is 0.123. The van der Waals surface area contributed by atoms with Crippen molar-refractivity contribution in [2.24, 2.45) is 5.41 Å². The Morgan fingerprint density at radius 2 is 2.44 bits per heavy atom. The number of rotatable bonds is 5. The van der Waals surface area contributed by atoms with Crippen LogP contribution in [-0.4, -0.2) is 29.1 Å². The number of aliphatic hydroxyl groups excluding tert-OH is 1. The second-order valence-corrected chi connectivity index (χ2v) is 4.42. The van der Waals surface area contributed by atoms with Crippen molar-refractivity contribution in [2.45, 2.75) is 26.2 Å². The summed E-state index contributed by atoms with van der Waals surface area (Å²) in [5.74, 6) is 0.0546. The number of aliphatic hydroxyl groups is 1. The zero-order valence-corrected chi connectivity index (χ0v) is 9.32. The van der Waals surface area contributed by atoms with Crippen molar-refractivity contribution < 1.29 is 14.3 Å². The summed E-state index contributed by atoms with van der Waals surface area (Å²) in [4.78, 5) is 15.6. The molecule has 0 unspecified atom stereocenters. The molecule has 1 aromatic heterocycles. The van der Waals surface area contributed by atoms with E-state index in [1.54, 1.807) is 6.92 Å². The number of hydrogen-bond acceptors (Lipinski definition) is 4. The first-order valence-corrected chi connectivity index (χ1v) is 5.46. The van der Waals surface area contributed by atoms with Gasteiger partial charge in [0.15, 0.2) is 6.39 Å². The van der Waals surface area contributed by atoms with Gasteiger partial charge in [0, 0.05) is 13.2 Å². The summed E-state index contributed by atoms with van der Waals surface area (Å²) in [6, 6.07) is 0. The van der Waals surface area contributed by atoms with E-state index in [1.807, 2.05) is 0 Å². The van der Waals surface area contributed by atoms with Gasteiger partial charge in [-0.15, -0.1) is 0 Å². The van der Waals surface area contributed by atoms with E-state index in [0.29, 0.717) is 12.2 Å². The second-order valence-electron chi connectivity index (χ2n) is 4.42. The maximum atomic E-state index is 11.7. The number of aromatic nitrogens is 1. The van der Waals surface area contributed by atoms with Gasteiger partial charge in [0.2, 0.25) is 5.76 Å². The summed E-state index contributed by atoms with van der Waals surface area (Å²) in [6.45, 7) is 2.52. The van der Waals surface area contributed by atoms with Crippen LogP contribution in [0.25, 0.3) is 0 Å². The van der Waals surface area contributed by atoms with Crippen molar-refractivity contribution in [3.05, 3.63) is 17.8 Å². The van der Waals surface area contributed by atoms with Crippen molar-refractivity contribution in [1.29, 1.82) is 0 Å². The Hall–Kier alpha value is -1.36. The van der Waals surface area contributed by atoms with Crippen LogP contribution in [0.5, 0.6) is 0 Å². The molecule has 1 heterocycles. The number of oxazole rings is 1. The maximum Gasteiger partial charge on any atom is 0.289 e. The Bertz CT molecular complexity index is 382. The minimum atomic E-state index is -0.223. The van der Waals surface area contributed by atoms with Crippen LogP contribution in [-0.2, 0) is 0 Å². The summed E-state index contributed by atoms with van der Waals surface area (Å²) in [6.07, 6.45) is 4.17. The van der Waals surface area contributed by atoms with Crippen molar-refractivity contribution >= 4 is 5.91 Å². The number of carbonyl (C=O) groups excluding carboxylic acids is 1. The number of hydrogen-bond donors (Lipinski definition) is 2. The molecule has 0 saturated heterocycles. The highest BCUT2D eigenvalue weighted by molar-refractivity contribution is 5.92. The van der Waals surface area contributed by atoms with Gasteiger partial charge in [-0.3, -0.25) is 4.79 Å². The summed E-state index contributed by atoms with van der Waals surface area (Å²) in [7, 11) is 0. The third-order valence-electron chi connectivity index (χ3n) is 3.17. The molecule has 1 amide bonds. The molecule has 5 nitrogen and oxygen atoms in total. The Labute approximate surface area is 93.9 Å². The number of nitrogens with one attached hydrogen (secondary N) is 1. The van der Waals surface area contributed by atoms with Gasteiger partial charge in [0.25, 0.3) is 5.91 Å². The van der Waals surface area contributed by atoms with Crippen molar-refractivity contribution in [3.8, 4) is 0 Å². The highest BCUT2D eigenvalue weighted by Gasteiger charge is 2.42. The first-order chi connectivity index (χ1) is 7.67. The average Bonchev–Trinajstić information content (AvgIpc) is 2.89. The molecular weight excluding hydrogens is 208 g/mol. The SMILES string of the molecule is Cc1ncoc1C(=O)NCC1(CCO)CC1.